The van der Waals surface area contributed by atoms with Crippen LogP contribution in [0.1, 0.15) is 73.7 Å². The standard InChI is InChI=1S/C35H42N2O6/c1-24-31(22-37-18-3-2-4-19-37)42-35(43-34(24)28-10-8-25(23-38)9-11-28)29-14-12-27(13-15-29)30-7-5-6-26(20-30)21-36-32(39)16-17-33(40)41/h5-15,20,24,31,34-35,38H,2-4,16-19,21-23H2,1H3,(H,36,39)(H,40,41)/t24-,31+,34+,35+/m0/s1. The van der Waals surface area contributed by atoms with Gasteiger partial charge in [-0.2, -0.15) is 0 Å². The lowest BCUT2D eigenvalue weighted by atomic mass is 9.89. The van der Waals surface area contributed by atoms with E-state index in [0.717, 1.165) is 53.0 Å². The maximum absolute atomic E-state index is 12.0. The molecule has 0 unspecified atom stereocenters. The van der Waals surface area contributed by atoms with E-state index < -0.39 is 12.3 Å². The molecule has 0 spiro atoms. The Balaban J connectivity index is 1.30. The fourth-order valence-corrected chi connectivity index (χ4v) is 5.93. The number of carboxylic acid groups (broad SMARTS) is 1. The first kappa shape index (κ1) is 30.9. The van der Waals surface area contributed by atoms with Crippen LogP contribution in [0.3, 0.4) is 0 Å². The highest BCUT2D eigenvalue weighted by molar-refractivity contribution is 5.80. The zero-order valence-corrected chi connectivity index (χ0v) is 24.8. The van der Waals surface area contributed by atoms with Crippen molar-refractivity contribution in [2.75, 3.05) is 19.6 Å². The average Bonchev–Trinajstić information content (AvgIpc) is 3.04. The summed E-state index contributed by atoms with van der Waals surface area (Å²) in [7, 11) is 0. The number of ether oxygens (including phenoxy) is 2. The minimum Gasteiger partial charge on any atom is -0.481 e. The molecule has 3 aromatic carbocycles. The summed E-state index contributed by atoms with van der Waals surface area (Å²) in [5, 5.41) is 21.1. The summed E-state index contributed by atoms with van der Waals surface area (Å²) in [5.41, 5.74) is 5.92. The number of aliphatic hydroxyl groups is 1. The number of nitrogens with zero attached hydrogens (tertiary/aromatic N) is 1. The number of aliphatic hydroxyl groups excluding tert-OH is 1. The van der Waals surface area contributed by atoms with Crippen LogP contribution in [0, 0.1) is 5.92 Å². The normalized spacial score (nSPS) is 22.7. The summed E-state index contributed by atoms with van der Waals surface area (Å²) in [4.78, 5) is 25.2. The molecule has 2 heterocycles. The molecule has 1 amide bonds. The zero-order valence-electron chi connectivity index (χ0n) is 24.8. The van der Waals surface area contributed by atoms with Crippen LogP contribution < -0.4 is 5.32 Å². The molecule has 228 valence electrons. The SMILES string of the molecule is C[C@H]1[C@@H](CN2CCCCC2)O[C@@H](c2ccc(-c3cccc(CNC(=O)CCC(=O)O)c3)cc2)O[C@H]1c1ccc(CO)cc1. The molecule has 8 nitrogen and oxygen atoms in total. The molecule has 2 aliphatic heterocycles. The van der Waals surface area contributed by atoms with Crippen molar-refractivity contribution in [3.8, 4) is 11.1 Å². The van der Waals surface area contributed by atoms with E-state index in [1.165, 1.54) is 19.3 Å². The second-order valence-corrected chi connectivity index (χ2v) is 11.7. The van der Waals surface area contributed by atoms with Gasteiger partial charge < -0.3 is 29.9 Å². The molecule has 0 saturated carbocycles. The number of nitrogens with one attached hydrogen (secondary N) is 1. The largest absolute Gasteiger partial charge is 0.481 e. The van der Waals surface area contributed by atoms with Crippen LogP contribution >= 0.6 is 0 Å². The Bertz CT molecular complexity index is 1350. The van der Waals surface area contributed by atoms with Crippen molar-refractivity contribution in [3.05, 3.63) is 95.1 Å². The quantitative estimate of drug-likeness (QED) is 0.268. The smallest absolute Gasteiger partial charge is 0.303 e. The van der Waals surface area contributed by atoms with Crippen molar-refractivity contribution >= 4 is 11.9 Å². The van der Waals surface area contributed by atoms with Crippen molar-refractivity contribution in [1.82, 2.24) is 10.2 Å². The molecule has 3 aromatic rings. The van der Waals surface area contributed by atoms with Gasteiger partial charge in [-0.05, 0) is 59.8 Å². The fourth-order valence-electron chi connectivity index (χ4n) is 5.93. The van der Waals surface area contributed by atoms with E-state index >= 15 is 0 Å². The van der Waals surface area contributed by atoms with Crippen LogP contribution in [0.25, 0.3) is 11.1 Å². The number of hydrogen-bond acceptors (Lipinski definition) is 6. The highest BCUT2D eigenvalue weighted by Gasteiger charge is 2.39. The molecule has 43 heavy (non-hydrogen) atoms. The van der Waals surface area contributed by atoms with Crippen LogP contribution in [-0.4, -0.2) is 52.7 Å². The van der Waals surface area contributed by atoms with Gasteiger partial charge in [0.15, 0.2) is 6.29 Å². The Hall–Kier alpha value is -3.56. The number of piperidine rings is 1. The molecule has 2 fully saturated rings. The van der Waals surface area contributed by atoms with E-state index in [1.807, 2.05) is 36.4 Å². The predicted molar refractivity (Wildman–Crippen MR) is 164 cm³/mol. The number of likely N-dealkylation sites (tertiary alicyclic amines) is 1. The first-order valence-electron chi connectivity index (χ1n) is 15.3. The second-order valence-electron chi connectivity index (χ2n) is 11.7. The summed E-state index contributed by atoms with van der Waals surface area (Å²) >= 11 is 0. The summed E-state index contributed by atoms with van der Waals surface area (Å²) in [6.07, 6.45) is 2.91. The minimum atomic E-state index is -0.983. The second kappa shape index (κ2) is 14.8. The van der Waals surface area contributed by atoms with Crippen molar-refractivity contribution < 1.29 is 29.3 Å². The van der Waals surface area contributed by atoms with Crippen LogP contribution in [0.5, 0.6) is 0 Å². The molecular weight excluding hydrogens is 544 g/mol. The Kier molecular flexibility index (Phi) is 10.6. The fraction of sp³-hybridized carbons (Fsp3) is 0.429. The molecule has 4 atom stereocenters. The Morgan fingerprint density at radius 3 is 2.28 bits per heavy atom. The van der Waals surface area contributed by atoms with Gasteiger partial charge in [0.2, 0.25) is 5.91 Å². The zero-order chi connectivity index (χ0) is 30.2. The van der Waals surface area contributed by atoms with E-state index in [9.17, 15) is 14.7 Å². The maximum Gasteiger partial charge on any atom is 0.303 e. The average molecular weight is 587 g/mol. The van der Waals surface area contributed by atoms with Crippen molar-refractivity contribution in [2.45, 2.75) is 70.7 Å². The Labute approximate surface area is 253 Å². The first-order valence-corrected chi connectivity index (χ1v) is 15.3. The molecule has 0 aliphatic carbocycles. The van der Waals surface area contributed by atoms with Gasteiger partial charge in [-0.25, -0.2) is 0 Å². The molecule has 0 bridgehead atoms. The van der Waals surface area contributed by atoms with Gasteiger partial charge in [-0.3, -0.25) is 9.59 Å². The molecule has 3 N–H and O–H groups in total. The van der Waals surface area contributed by atoms with Crippen LogP contribution in [0.2, 0.25) is 0 Å². The number of rotatable bonds is 11. The molecule has 2 aliphatic rings. The maximum atomic E-state index is 12.0. The number of carboxylic acids is 1. The van der Waals surface area contributed by atoms with Gasteiger partial charge in [-0.1, -0.05) is 80.1 Å². The topological polar surface area (TPSA) is 108 Å². The number of aliphatic carboxylic acids is 1. The van der Waals surface area contributed by atoms with E-state index in [2.05, 4.69) is 53.5 Å². The van der Waals surface area contributed by atoms with Gasteiger partial charge in [0.1, 0.15) is 0 Å². The molecule has 8 heteroatoms. The minimum absolute atomic E-state index is 0.0152. The molecule has 0 aromatic heterocycles. The molecule has 5 rings (SSSR count). The number of hydrogen-bond donors (Lipinski definition) is 3. The summed E-state index contributed by atoms with van der Waals surface area (Å²) < 4.78 is 13.3. The number of amides is 1. The number of benzene rings is 3. The molecular formula is C35H42N2O6. The van der Waals surface area contributed by atoms with E-state index in [0.29, 0.717) is 6.54 Å². The number of carbonyl (C=O) groups is 2. The Morgan fingerprint density at radius 2 is 1.58 bits per heavy atom. The van der Waals surface area contributed by atoms with Gasteiger partial charge >= 0.3 is 5.97 Å². The monoisotopic (exact) mass is 586 g/mol. The first-order chi connectivity index (χ1) is 20.9. The van der Waals surface area contributed by atoms with Gasteiger partial charge in [0, 0.05) is 31.0 Å². The molecule has 0 radical (unpaired) electrons. The summed E-state index contributed by atoms with van der Waals surface area (Å²) in [6, 6.07) is 24.2. The number of carbonyl (C=O) groups excluding carboxylic acids is 1. The van der Waals surface area contributed by atoms with E-state index in [-0.39, 0.29) is 43.5 Å². The third-order valence-electron chi connectivity index (χ3n) is 8.51. The lowest BCUT2D eigenvalue weighted by molar-refractivity contribution is -0.276. The van der Waals surface area contributed by atoms with Gasteiger partial charge in [-0.15, -0.1) is 0 Å². The van der Waals surface area contributed by atoms with Crippen molar-refractivity contribution in [3.63, 3.8) is 0 Å². The third kappa shape index (κ3) is 8.30. The van der Waals surface area contributed by atoms with Gasteiger partial charge in [0.25, 0.3) is 0 Å². The summed E-state index contributed by atoms with van der Waals surface area (Å²) in [6.45, 7) is 5.65. The lowest BCUT2D eigenvalue weighted by Crippen LogP contribution is -2.45. The van der Waals surface area contributed by atoms with Gasteiger partial charge in [0.05, 0.1) is 25.2 Å². The highest BCUT2D eigenvalue weighted by Crippen LogP contribution is 2.42. The van der Waals surface area contributed by atoms with Crippen LogP contribution in [0.15, 0.2) is 72.8 Å². The van der Waals surface area contributed by atoms with E-state index in [1.54, 1.807) is 0 Å². The third-order valence-corrected chi connectivity index (χ3v) is 8.51. The summed E-state index contributed by atoms with van der Waals surface area (Å²) in [5.74, 6) is -1.10. The predicted octanol–water partition coefficient (Wildman–Crippen LogP) is 5.60. The Morgan fingerprint density at radius 1 is 0.860 bits per heavy atom. The van der Waals surface area contributed by atoms with Crippen molar-refractivity contribution in [2.24, 2.45) is 5.92 Å². The van der Waals surface area contributed by atoms with Crippen LogP contribution in [0.4, 0.5) is 0 Å². The van der Waals surface area contributed by atoms with Crippen molar-refractivity contribution in [1.29, 1.82) is 0 Å². The van der Waals surface area contributed by atoms with Crippen LogP contribution in [-0.2, 0) is 32.2 Å². The highest BCUT2D eigenvalue weighted by atomic mass is 16.7. The molecule has 2 saturated heterocycles. The van der Waals surface area contributed by atoms with E-state index in [4.69, 9.17) is 14.6 Å². The lowest BCUT2D eigenvalue weighted by Gasteiger charge is -2.43.